The summed E-state index contributed by atoms with van der Waals surface area (Å²) in [6, 6.07) is 26.0. The van der Waals surface area contributed by atoms with E-state index in [2.05, 4.69) is 31.3 Å². The lowest BCUT2D eigenvalue weighted by Gasteiger charge is -2.46. The van der Waals surface area contributed by atoms with Crippen molar-refractivity contribution in [3.8, 4) is 0 Å². The highest BCUT2D eigenvalue weighted by Crippen LogP contribution is 2.37. The third kappa shape index (κ3) is 5.28. The third-order valence-corrected chi connectivity index (χ3v) is 13.7. The Balaban J connectivity index is 1.30. The first-order chi connectivity index (χ1) is 17.3. The van der Waals surface area contributed by atoms with Crippen molar-refractivity contribution < 1.29 is 18.3 Å². The molecular formula is C29H33Cl2FNO2Si+. The normalized spacial score (nSPS) is 20.3. The van der Waals surface area contributed by atoms with Gasteiger partial charge in [-0.1, -0.05) is 70.0 Å². The summed E-state index contributed by atoms with van der Waals surface area (Å²) >= 11 is 12.5. The molecule has 2 aliphatic rings. The molecule has 0 amide bonds. The van der Waals surface area contributed by atoms with Crippen LogP contribution < -0.4 is 10.4 Å². The predicted octanol–water partition coefficient (Wildman–Crippen LogP) is 5.84. The Labute approximate surface area is 224 Å². The maximum atomic E-state index is 13.5. The summed E-state index contributed by atoms with van der Waals surface area (Å²) < 4.78 is 26.7. The van der Waals surface area contributed by atoms with Crippen molar-refractivity contribution in [2.24, 2.45) is 0 Å². The Kier molecular flexibility index (Phi) is 7.60. The first-order valence-electron chi connectivity index (χ1n) is 12.7. The maximum Gasteiger partial charge on any atom is 0.195 e. The molecule has 2 saturated heterocycles. The second-order valence-electron chi connectivity index (χ2n) is 10.4. The van der Waals surface area contributed by atoms with Gasteiger partial charge < -0.3 is 14.0 Å². The summed E-state index contributed by atoms with van der Waals surface area (Å²) in [5, 5.41) is 4.45. The van der Waals surface area contributed by atoms with Crippen LogP contribution in [0, 0.1) is 5.82 Å². The molecule has 2 heterocycles. The van der Waals surface area contributed by atoms with Gasteiger partial charge in [-0.3, -0.25) is 0 Å². The van der Waals surface area contributed by atoms with Crippen molar-refractivity contribution in [1.82, 2.24) is 0 Å². The van der Waals surface area contributed by atoms with Crippen LogP contribution in [0.15, 0.2) is 72.8 Å². The van der Waals surface area contributed by atoms with Gasteiger partial charge in [0.2, 0.25) is 0 Å². The van der Waals surface area contributed by atoms with Gasteiger partial charge in [-0.2, -0.15) is 0 Å². The summed E-state index contributed by atoms with van der Waals surface area (Å²) in [6.07, 6.45) is 1.74. The Morgan fingerprint density at radius 1 is 0.806 bits per heavy atom. The number of hydrogen-bond donors (Lipinski definition) is 0. The van der Waals surface area contributed by atoms with Crippen LogP contribution in [0.1, 0.15) is 18.4 Å². The average Bonchev–Trinajstić information content (AvgIpc) is 3.36. The molecule has 36 heavy (non-hydrogen) atoms. The molecule has 2 aliphatic heterocycles. The van der Waals surface area contributed by atoms with Crippen molar-refractivity contribution in [2.75, 3.05) is 39.9 Å². The number of rotatable bonds is 7. The number of ether oxygens (including phenoxy) is 2. The van der Waals surface area contributed by atoms with E-state index in [0.717, 1.165) is 52.6 Å². The molecule has 0 saturated carbocycles. The zero-order chi connectivity index (χ0) is 25.2. The number of quaternary nitrogens is 1. The summed E-state index contributed by atoms with van der Waals surface area (Å²) in [7, 11) is 0.453. The van der Waals surface area contributed by atoms with E-state index in [1.807, 2.05) is 24.3 Å². The van der Waals surface area contributed by atoms with Gasteiger partial charge in [0.25, 0.3) is 0 Å². The minimum atomic E-state index is -1.93. The number of benzene rings is 3. The minimum absolute atomic E-state index is 0.243. The highest BCUT2D eigenvalue weighted by Gasteiger charge is 2.46. The smallest absolute Gasteiger partial charge is 0.195 e. The van der Waals surface area contributed by atoms with Crippen molar-refractivity contribution >= 4 is 41.6 Å². The zero-order valence-electron chi connectivity index (χ0n) is 20.7. The van der Waals surface area contributed by atoms with E-state index in [4.69, 9.17) is 32.7 Å². The van der Waals surface area contributed by atoms with Gasteiger partial charge in [-0.15, -0.1) is 0 Å². The predicted molar refractivity (Wildman–Crippen MR) is 148 cm³/mol. The molecule has 190 valence electrons. The molecule has 0 bridgehead atoms. The van der Waals surface area contributed by atoms with Crippen LogP contribution in [0.2, 0.25) is 22.1 Å². The third-order valence-electron chi connectivity index (χ3n) is 8.19. The molecule has 3 aromatic rings. The summed E-state index contributed by atoms with van der Waals surface area (Å²) in [5.41, 5.74) is 0.902. The lowest BCUT2D eigenvalue weighted by atomic mass is 10.00. The van der Waals surface area contributed by atoms with Crippen molar-refractivity contribution in [3.63, 3.8) is 0 Å². The largest absolute Gasteiger partial charge is 0.343 e. The average molecular weight is 546 g/mol. The Morgan fingerprint density at radius 2 is 1.31 bits per heavy atom. The molecule has 3 aromatic carbocycles. The molecular weight excluding hydrogens is 512 g/mol. The summed E-state index contributed by atoms with van der Waals surface area (Å²) in [4.78, 5) is 0. The molecule has 0 atom stereocenters. The van der Waals surface area contributed by atoms with Crippen LogP contribution in [-0.2, 0) is 15.3 Å². The lowest BCUT2D eigenvalue weighted by molar-refractivity contribution is -0.908. The molecule has 0 radical (unpaired) electrons. The second kappa shape index (κ2) is 10.6. The molecule has 5 rings (SSSR count). The molecule has 7 heteroatoms. The van der Waals surface area contributed by atoms with Gasteiger partial charge in [0, 0.05) is 40.5 Å². The first kappa shape index (κ1) is 25.9. The molecule has 3 nitrogen and oxygen atoms in total. The fraction of sp³-hybridized carbons (Fsp3) is 0.379. The first-order valence-corrected chi connectivity index (χ1v) is 15.9. The second-order valence-corrected chi connectivity index (χ2v) is 15.6. The van der Waals surface area contributed by atoms with Gasteiger partial charge in [0.15, 0.2) is 5.79 Å². The van der Waals surface area contributed by atoms with E-state index >= 15 is 0 Å². The Bertz CT molecular complexity index is 1110. The van der Waals surface area contributed by atoms with Crippen molar-refractivity contribution in [1.29, 1.82) is 0 Å². The summed E-state index contributed by atoms with van der Waals surface area (Å²) in [5.74, 6) is -0.999. The van der Waals surface area contributed by atoms with E-state index in [-0.39, 0.29) is 5.82 Å². The van der Waals surface area contributed by atoms with Gasteiger partial charge >= 0.3 is 0 Å². The zero-order valence-corrected chi connectivity index (χ0v) is 23.2. The molecule has 0 aliphatic carbocycles. The fourth-order valence-electron chi connectivity index (χ4n) is 5.97. The molecule has 2 fully saturated rings. The number of halogens is 3. The SMILES string of the molecule is C[N+]1(CCCC2(c3ccc(F)cc3)OCCO2)CC[Si](c2ccc(Cl)cc2)(c2ccc(Cl)cc2)CC1. The summed E-state index contributed by atoms with van der Waals surface area (Å²) in [6.45, 7) is 4.45. The van der Waals surface area contributed by atoms with Gasteiger partial charge in [0.05, 0.1) is 39.9 Å². The van der Waals surface area contributed by atoms with Gasteiger partial charge in [0.1, 0.15) is 13.9 Å². The van der Waals surface area contributed by atoms with Crippen LogP contribution in [0.4, 0.5) is 4.39 Å². The lowest BCUT2D eigenvalue weighted by Crippen LogP contribution is -2.66. The van der Waals surface area contributed by atoms with Gasteiger partial charge in [-0.05, 0) is 36.4 Å². The number of hydrogen-bond acceptors (Lipinski definition) is 2. The van der Waals surface area contributed by atoms with E-state index < -0.39 is 13.9 Å². The van der Waals surface area contributed by atoms with Crippen molar-refractivity contribution in [2.45, 2.75) is 30.7 Å². The quantitative estimate of drug-likeness (QED) is 0.275. The molecule has 0 aromatic heterocycles. The van der Waals surface area contributed by atoms with E-state index in [9.17, 15) is 4.39 Å². The van der Waals surface area contributed by atoms with E-state index in [1.54, 1.807) is 12.1 Å². The number of nitrogens with zero attached hydrogens (tertiary/aromatic N) is 1. The van der Waals surface area contributed by atoms with Crippen LogP contribution in [-0.4, -0.2) is 52.5 Å². The van der Waals surface area contributed by atoms with Crippen LogP contribution in [0.25, 0.3) is 0 Å². The standard InChI is InChI=1S/C29H33Cl2FNO2Si/c1-33(16-2-15-29(34-19-20-35-29)23-3-9-26(32)10-4-23)17-21-36(22-18-33,27-11-5-24(30)6-12-27)28-13-7-25(31)8-14-28/h3-14H,2,15-22H2,1H3/q+1. The monoisotopic (exact) mass is 544 g/mol. The molecule has 0 spiro atoms. The van der Waals surface area contributed by atoms with E-state index in [1.165, 1.54) is 34.6 Å². The van der Waals surface area contributed by atoms with Crippen molar-refractivity contribution in [3.05, 3.63) is 94.2 Å². The highest BCUT2D eigenvalue weighted by molar-refractivity contribution is 7.02. The Hall–Kier alpha value is -1.73. The molecule has 0 unspecified atom stereocenters. The van der Waals surface area contributed by atoms with Crippen LogP contribution in [0.3, 0.4) is 0 Å². The highest BCUT2D eigenvalue weighted by atomic mass is 35.5. The topological polar surface area (TPSA) is 18.5 Å². The van der Waals surface area contributed by atoms with Crippen LogP contribution in [0.5, 0.6) is 0 Å². The van der Waals surface area contributed by atoms with E-state index in [0.29, 0.717) is 13.2 Å². The Morgan fingerprint density at radius 3 is 1.81 bits per heavy atom. The fourth-order valence-corrected chi connectivity index (χ4v) is 11.4. The maximum absolute atomic E-state index is 13.5. The molecule has 0 N–H and O–H groups in total. The van der Waals surface area contributed by atoms with Crippen LogP contribution >= 0.6 is 23.2 Å². The van der Waals surface area contributed by atoms with Gasteiger partial charge in [-0.25, -0.2) is 4.39 Å². The minimum Gasteiger partial charge on any atom is -0.343 e.